The van der Waals surface area contributed by atoms with Crippen molar-refractivity contribution in [2.24, 2.45) is 0 Å². The van der Waals surface area contributed by atoms with Crippen molar-refractivity contribution in [2.75, 3.05) is 13.1 Å². The fraction of sp³-hybridized carbons (Fsp3) is 0.222. The highest BCUT2D eigenvalue weighted by atomic mass is 16.6. The number of hydrogen-bond acceptors (Lipinski definition) is 3. The summed E-state index contributed by atoms with van der Waals surface area (Å²) in [5.41, 5.74) is 3.61. The smallest absolute Gasteiger partial charge is 0.270 e. The van der Waals surface area contributed by atoms with Crippen molar-refractivity contribution < 1.29 is 4.92 Å². The molecule has 0 aliphatic carbocycles. The van der Waals surface area contributed by atoms with Crippen LogP contribution in [0.15, 0.2) is 54.7 Å². The number of nitro benzene ring substituents is 1. The molecular weight excluding hydrogens is 276 g/mol. The molecule has 2 aromatic rings. The summed E-state index contributed by atoms with van der Waals surface area (Å²) in [6, 6.07) is 15.5. The lowest BCUT2D eigenvalue weighted by molar-refractivity contribution is -0.384. The van der Waals surface area contributed by atoms with Crippen molar-refractivity contribution in [3.8, 4) is 0 Å². The van der Waals surface area contributed by atoms with E-state index in [4.69, 9.17) is 0 Å². The Morgan fingerprint density at radius 2 is 1.95 bits per heavy atom. The van der Waals surface area contributed by atoms with E-state index < -0.39 is 0 Å². The van der Waals surface area contributed by atoms with Gasteiger partial charge in [0.1, 0.15) is 0 Å². The molecule has 0 spiro atoms. The number of rotatable bonds is 4. The molecule has 22 heavy (non-hydrogen) atoms. The molecule has 0 unspecified atom stereocenters. The van der Waals surface area contributed by atoms with Crippen molar-refractivity contribution in [2.45, 2.75) is 12.8 Å². The van der Waals surface area contributed by atoms with E-state index in [2.05, 4.69) is 35.4 Å². The minimum Gasteiger partial charge on any atom is -0.377 e. The Kier molecular flexibility index (Phi) is 4.19. The molecule has 2 aromatic carbocycles. The third-order valence-corrected chi connectivity index (χ3v) is 4.00. The predicted octanol–water partition coefficient (Wildman–Crippen LogP) is 3.67. The Labute approximate surface area is 129 Å². The molecule has 0 bridgehead atoms. The summed E-state index contributed by atoms with van der Waals surface area (Å²) in [6.07, 6.45) is 5.95. The van der Waals surface area contributed by atoms with E-state index in [1.54, 1.807) is 12.1 Å². The van der Waals surface area contributed by atoms with Crippen LogP contribution in [-0.4, -0.2) is 22.9 Å². The van der Waals surface area contributed by atoms with Crippen LogP contribution in [0.2, 0.25) is 0 Å². The minimum atomic E-state index is -0.341. The Morgan fingerprint density at radius 3 is 2.73 bits per heavy atom. The van der Waals surface area contributed by atoms with Crippen molar-refractivity contribution >= 4 is 11.8 Å². The molecule has 3 rings (SSSR count). The highest BCUT2D eigenvalue weighted by Crippen LogP contribution is 2.22. The lowest BCUT2D eigenvalue weighted by Gasteiger charge is -2.18. The Morgan fingerprint density at radius 1 is 1.14 bits per heavy atom. The van der Waals surface area contributed by atoms with Crippen LogP contribution in [0, 0.1) is 10.1 Å². The zero-order valence-electron chi connectivity index (χ0n) is 12.3. The quantitative estimate of drug-likeness (QED) is 0.638. The zero-order valence-corrected chi connectivity index (χ0v) is 12.3. The maximum Gasteiger partial charge on any atom is 0.270 e. The first-order valence-corrected chi connectivity index (χ1v) is 7.46. The number of nitrogens with zero attached hydrogens (tertiary/aromatic N) is 2. The molecule has 1 aliphatic heterocycles. The van der Waals surface area contributed by atoms with Crippen LogP contribution in [0.5, 0.6) is 0 Å². The molecule has 1 aliphatic rings. The lowest BCUT2D eigenvalue weighted by atomic mass is 10.0. The molecule has 112 valence electrons. The summed E-state index contributed by atoms with van der Waals surface area (Å²) < 4.78 is 0. The highest BCUT2D eigenvalue weighted by Gasteiger charge is 2.12. The molecule has 0 saturated carbocycles. The second kappa shape index (κ2) is 6.43. The molecule has 0 aromatic heterocycles. The summed E-state index contributed by atoms with van der Waals surface area (Å²) in [4.78, 5) is 12.8. The monoisotopic (exact) mass is 294 g/mol. The number of benzene rings is 2. The van der Waals surface area contributed by atoms with Gasteiger partial charge < -0.3 is 4.90 Å². The van der Waals surface area contributed by atoms with Gasteiger partial charge in [0.25, 0.3) is 5.69 Å². The standard InChI is InChI=1S/C18H18N2O2/c21-20(22)18-7-6-16-9-12-19(13-10-17(16)14-18)11-8-15-4-2-1-3-5-15/h1-7,10,13-14H,8-9,11-12H2. The van der Waals surface area contributed by atoms with Gasteiger partial charge in [-0.05, 0) is 41.8 Å². The third kappa shape index (κ3) is 3.34. The SMILES string of the molecule is O=[N+]([O-])c1ccc2c(c1)C=CN(CCc1ccccc1)CC2. The summed E-state index contributed by atoms with van der Waals surface area (Å²) in [7, 11) is 0. The van der Waals surface area contributed by atoms with Gasteiger partial charge in [-0.2, -0.15) is 0 Å². The summed E-state index contributed by atoms with van der Waals surface area (Å²) in [5.74, 6) is 0. The van der Waals surface area contributed by atoms with Crippen molar-refractivity contribution in [3.63, 3.8) is 0 Å². The third-order valence-electron chi connectivity index (χ3n) is 4.00. The second-order valence-corrected chi connectivity index (χ2v) is 5.48. The molecule has 0 radical (unpaired) electrons. The van der Waals surface area contributed by atoms with Gasteiger partial charge in [-0.1, -0.05) is 36.4 Å². The Balaban J connectivity index is 1.68. The van der Waals surface area contributed by atoms with Gasteiger partial charge in [0.15, 0.2) is 0 Å². The average molecular weight is 294 g/mol. The fourth-order valence-electron chi connectivity index (χ4n) is 2.71. The molecule has 1 heterocycles. The number of fused-ring (bicyclic) bond motifs is 1. The molecule has 0 amide bonds. The van der Waals surface area contributed by atoms with E-state index in [1.807, 2.05) is 18.2 Å². The normalized spacial score (nSPS) is 13.5. The van der Waals surface area contributed by atoms with E-state index in [0.717, 1.165) is 31.5 Å². The van der Waals surface area contributed by atoms with Gasteiger partial charge in [0.05, 0.1) is 4.92 Å². The van der Waals surface area contributed by atoms with Crippen LogP contribution in [0.1, 0.15) is 16.7 Å². The van der Waals surface area contributed by atoms with E-state index in [0.29, 0.717) is 0 Å². The Hall–Kier alpha value is -2.62. The first-order valence-electron chi connectivity index (χ1n) is 7.46. The van der Waals surface area contributed by atoms with Gasteiger partial charge >= 0.3 is 0 Å². The topological polar surface area (TPSA) is 46.4 Å². The molecule has 4 heteroatoms. The van der Waals surface area contributed by atoms with Gasteiger partial charge in [-0.3, -0.25) is 10.1 Å². The summed E-state index contributed by atoms with van der Waals surface area (Å²) in [5, 5.41) is 10.9. The largest absolute Gasteiger partial charge is 0.377 e. The highest BCUT2D eigenvalue weighted by molar-refractivity contribution is 5.58. The van der Waals surface area contributed by atoms with Crippen molar-refractivity contribution in [3.05, 3.63) is 81.5 Å². The summed E-state index contributed by atoms with van der Waals surface area (Å²) in [6.45, 7) is 1.89. The fourth-order valence-corrected chi connectivity index (χ4v) is 2.71. The van der Waals surface area contributed by atoms with E-state index in [1.165, 1.54) is 11.1 Å². The maximum atomic E-state index is 10.9. The van der Waals surface area contributed by atoms with E-state index in [9.17, 15) is 10.1 Å². The molecule has 0 atom stereocenters. The van der Waals surface area contributed by atoms with Crippen molar-refractivity contribution in [1.29, 1.82) is 0 Å². The second-order valence-electron chi connectivity index (χ2n) is 5.48. The van der Waals surface area contributed by atoms with Gasteiger partial charge in [0, 0.05) is 25.2 Å². The van der Waals surface area contributed by atoms with Crippen molar-refractivity contribution in [1.82, 2.24) is 4.90 Å². The van der Waals surface area contributed by atoms with E-state index in [-0.39, 0.29) is 10.6 Å². The van der Waals surface area contributed by atoms with Gasteiger partial charge in [0.2, 0.25) is 0 Å². The summed E-state index contributed by atoms with van der Waals surface area (Å²) >= 11 is 0. The van der Waals surface area contributed by atoms with Crippen LogP contribution in [0.4, 0.5) is 5.69 Å². The number of hydrogen-bond donors (Lipinski definition) is 0. The van der Waals surface area contributed by atoms with Crippen LogP contribution in [0.25, 0.3) is 6.08 Å². The van der Waals surface area contributed by atoms with E-state index >= 15 is 0 Å². The first kappa shape index (κ1) is 14.3. The minimum absolute atomic E-state index is 0.154. The molecular formula is C18H18N2O2. The first-order chi connectivity index (χ1) is 10.7. The van der Waals surface area contributed by atoms with Crippen LogP contribution >= 0.6 is 0 Å². The molecule has 0 N–H and O–H groups in total. The van der Waals surface area contributed by atoms with Gasteiger partial charge in [-0.25, -0.2) is 0 Å². The number of non-ortho nitro benzene ring substituents is 1. The maximum absolute atomic E-state index is 10.9. The lowest BCUT2D eigenvalue weighted by Crippen LogP contribution is -2.21. The van der Waals surface area contributed by atoms with Crippen LogP contribution < -0.4 is 0 Å². The number of nitro groups is 1. The molecule has 4 nitrogen and oxygen atoms in total. The Bertz CT molecular complexity index is 695. The average Bonchev–Trinajstić information content (AvgIpc) is 2.75. The molecule has 0 saturated heterocycles. The zero-order chi connectivity index (χ0) is 15.4. The van der Waals surface area contributed by atoms with Crippen LogP contribution in [-0.2, 0) is 12.8 Å². The van der Waals surface area contributed by atoms with Gasteiger partial charge in [-0.15, -0.1) is 0 Å². The molecule has 0 fully saturated rings. The predicted molar refractivity (Wildman–Crippen MR) is 87.6 cm³/mol. The van der Waals surface area contributed by atoms with Crippen LogP contribution in [0.3, 0.4) is 0 Å².